The third-order valence-electron chi connectivity index (χ3n) is 4.61. The van der Waals surface area contributed by atoms with Crippen molar-refractivity contribution < 1.29 is 4.79 Å². The smallest absolute Gasteiger partial charge is 0.257 e. The van der Waals surface area contributed by atoms with Gasteiger partial charge in [-0.05, 0) is 19.4 Å². The quantitative estimate of drug-likeness (QED) is 0.726. The lowest BCUT2D eigenvalue weighted by Crippen LogP contribution is -2.27. The highest BCUT2D eigenvalue weighted by Gasteiger charge is 2.29. The number of carbonyl (C=O) groups excluding carboxylic acids is 1. The standard InChI is InChI=1S/C18H17N3O2/c1-10-11(2)21-16(23)8-13-15(22)9-14(12-6-4-3-5-7-12)20-17(13)18(21)19-10/h3-8,14,19-20H,9H2,1-2H3/t14-/m1/s1. The Morgan fingerprint density at radius 1 is 1.13 bits per heavy atom. The monoisotopic (exact) mass is 307 g/mol. The van der Waals surface area contributed by atoms with Crippen LogP contribution in [0.2, 0.25) is 0 Å². The van der Waals surface area contributed by atoms with Gasteiger partial charge in [0.1, 0.15) is 5.65 Å². The molecule has 0 saturated heterocycles. The number of rotatable bonds is 1. The minimum Gasteiger partial charge on any atom is -0.374 e. The van der Waals surface area contributed by atoms with Crippen molar-refractivity contribution in [2.45, 2.75) is 26.3 Å². The van der Waals surface area contributed by atoms with Gasteiger partial charge in [0.05, 0.1) is 17.3 Å². The zero-order chi connectivity index (χ0) is 16.1. The topological polar surface area (TPSA) is 66.4 Å². The number of anilines is 1. The molecule has 4 rings (SSSR count). The van der Waals surface area contributed by atoms with Crippen molar-refractivity contribution in [1.82, 2.24) is 9.38 Å². The molecule has 2 aromatic heterocycles. The Bertz CT molecular complexity index is 983. The van der Waals surface area contributed by atoms with E-state index in [0.717, 1.165) is 17.0 Å². The number of nitrogens with zero attached hydrogens (tertiary/aromatic N) is 1. The predicted octanol–water partition coefficient (Wildman–Crippen LogP) is 2.98. The van der Waals surface area contributed by atoms with E-state index in [1.165, 1.54) is 6.07 Å². The first kappa shape index (κ1) is 13.8. The van der Waals surface area contributed by atoms with Crippen LogP contribution in [0.1, 0.15) is 39.8 Å². The molecule has 0 amide bonds. The van der Waals surface area contributed by atoms with Crippen molar-refractivity contribution in [2.24, 2.45) is 0 Å². The Hall–Kier alpha value is -2.82. The minimum atomic E-state index is -0.172. The van der Waals surface area contributed by atoms with Crippen LogP contribution in [0.25, 0.3) is 5.65 Å². The van der Waals surface area contributed by atoms with Gasteiger partial charge in [0.25, 0.3) is 5.56 Å². The molecule has 1 aliphatic rings. The fourth-order valence-electron chi connectivity index (χ4n) is 3.27. The number of hydrogen-bond donors (Lipinski definition) is 2. The summed E-state index contributed by atoms with van der Waals surface area (Å²) in [5.41, 5.74) is 4.53. The fourth-order valence-corrected chi connectivity index (χ4v) is 3.27. The summed E-state index contributed by atoms with van der Waals surface area (Å²) in [6.45, 7) is 3.82. The van der Waals surface area contributed by atoms with Gasteiger partial charge < -0.3 is 10.3 Å². The van der Waals surface area contributed by atoms with Crippen LogP contribution in [0.3, 0.4) is 0 Å². The third kappa shape index (κ3) is 2.00. The van der Waals surface area contributed by atoms with E-state index in [-0.39, 0.29) is 17.4 Å². The molecule has 5 heteroatoms. The number of aromatic nitrogens is 2. The molecule has 1 aromatic carbocycles. The first-order valence-electron chi connectivity index (χ1n) is 7.66. The molecule has 23 heavy (non-hydrogen) atoms. The van der Waals surface area contributed by atoms with Crippen molar-refractivity contribution in [3.63, 3.8) is 0 Å². The molecule has 0 bridgehead atoms. The average molecular weight is 307 g/mol. The summed E-state index contributed by atoms with van der Waals surface area (Å²) in [7, 11) is 0. The number of nitrogens with one attached hydrogen (secondary N) is 2. The van der Waals surface area contributed by atoms with Gasteiger partial charge in [-0.25, -0.2) is 0 Å². The van der Waals surface area contributed by atoms with Crippen LogP contribution >= 0.6 is 0 Å². The van der Waals surface area contributed by atoms with Crippen LogP contribution in [0, 0.1) is 13.8 Å². The molecule has 0 radical (unpaired) electrons. The van der Waals surface area contributed by atoms with E-state index in [2.05, 4.69) is 10.3 Å². The Morgan fingerprint density at radius 2 is 1.87 bits per heavy atom. The number of aromatic amines is 1. The lowest BCUT2D eigenvalue weighted by Gasteiger charge is -2.26. The Morgan fingerprint density at radius 3 is 2.61 bits per heavy atom. The molecule has 116 valence electrons. The van der Waals surface area contributed by atoms with E-state index in [0.29, 0.717) is 23.3 Å². The highest BCUT2D eigenvalue weighted by molar-refractivity contribution is 6.06. The molecule has 5 nitrogen and oxygen atoms in total. The number of ketones is 1. The second-order valence-corrected chi connectivity index (χ2v) is 6.03. The fraction of sp³-hybridized carbons (Fsp3) is 0.222. The molecular weight excluding hydrogens is 290 g/mol. The van der Waals surface area contributed by atoms with Crippen molar-refractivity contribution in [1.29, 1.82) is 0 Å². The zero-order valence-corrected chi connectivity index (χ0v) is 13.0. The summed E-state index contributed by atoms with van der Waals surface area (Å²) in [6.07, 6.45) is 0.352. The van der Waals surface area contributed by atoms with Gasteiger partial charge >= 0.3 is 0 Å². The molecule has 0 unspecified atom stereocenters. The number of imidazole rings is 1. The molecular formula is C18H17N3O2. The van der Waals surface area contributed by atoms with Gasteiger partial charge in [-0.3, -0.25) is 14.0 Å². The average Bonchev–Trinajstić information content (AvgIpc) is 2.85. The molecule has 0 fully saturated rings. The number of fused-ring (bicyclic) bond motifs is 3. The SMILES string of the molecule is Cc1[nH]c2c3c(cc(=O)n2c1C)C(=O)C[C@H](c1ccccc1)N3. The third-order valence-corrected chi connectivity index (χ3v) is 4.61. The molecule has 0 aliphatic carbocycles. The van der Waals surface area contributed by atoms with Crippen LogP contribution in [-0.2, 0) is 0 Å². The summed E-state index contributed by atoms with van der Waals surface area (Å²) in [6, 6.07) is 11.3. The number of hydrogen-bond acceptors (Lipinski definition) is 3. The molecule has 1 atom stereocenters. The summed E-state index contributed by atoms with van der Waals surface area (Å²) < 4.78 is 1.63. The Balaban J connectivity index is 1.94. The second-order valence-electron chi connectivity index (χ2n) is 6.03. The van der Waals surface area contributed by atoms with Crippen LogP contribution in [0.5, 0.6) is 0 Å². The Kier molecular flexibility index (Phi) is 2.91. The van der Waals surface area contributed by atoms with E-state index in [9.17, 15) is 9.59 Å². The van der Waals surface area contributed by atoms with Crippen LogP contribution in [0.4, 0.5) is 5.69 Å². The zero-order valence-electron chi connectivity index (χ0n) is 13.0. The molecule has 0 spiro atoms. The van der Waals surface area contributed by atoms with Crippen LogP contribution < -0.4 is 10.9 Å². The highest BCUT2D eigenvalue weighted by Crippen LogP contribution is 2.34. The van der Waals surface area contributed by atoms with Crippen molar-refractivity contribution in [2.75, 3.05) is 5.32 Å². The van der Waals surface area contributed by atoms with E-state index in [1.807, 2.05) is 44.2 Å². The number of carbonyl (C=O) groups is 1. The first-order valence-corrected chi connectivity index (χ1v) is 7.66. The van der Waals surface area contributed by atoms with Gasteiger partial charge in [0, 0.05) is 23.9 Å². The number of aryl methyl sites for hydroxylation is 2. The summed E-state index contributed by atoms with van der Waals surface area (Å²) >= 11 is 0. The van der Waals surface area contributed by atoms with Gasteiger partial charge in [0.15, 0.2) is 5.78 Å². The largest absolute Gasteiger partial charge is 0.374 e. The van der Waals surface area contributed by atoms with Gasteiger partial charge in [-0.1, -0.05) is 30.3 Å². The molecule has 0 saturated carbocycles. The summed E-state index contributed by atoms with van der Waals surface area (Å²) in [5, 5.41) is 3.44. The number of pyridine rings is 1. The van der Waals surface area contributed by atoms with Crippen molar-refractivity contribution in [3.05, 3.63) is 69.3 Å². The van der Waals surface area contributed by atoms with Crippen LogP contribution in [-0.4, -0.2) is 15.2 Å². The lowest BCUT2D eigenvalue weighted by atomic mass is 9.93. The maximum absolute atomic E-state index is 12.6. The lowest BCUT2D eigenvalue weighted by molar-refractivity contribution is 0.0972. The van der Waals surface area contributed by atoms with E-state index in [1.54, 1.807) is 4.40 Å². The molecule has 2 N–H and O–H groups in total. The molecule has 3 heterocycles. The van der Waals surface area contributed by atoms with Gasteiger partial charge in [-0.15, -0.1) is 0 Å². The summed E-state index contributed by atoms with van der Waals surface area (Å²) in [5.74, 6) is -0.00268. The van der Waals surface area contributed by atoms with Gasteiger partial charge in [0.2, 0.25) is 0 Å². The van der Waals surface area contributed by atoms with Crippen LogP contribution in [0.15, 0.2) is 41.2 Å². The maximum Gasteiger partial charge on any atom is 0.257 e. The Labute approximate surface area is 133 Å². The number of H-pyrrole nitrogens is 1. The first-order chi connectivity index (χ1) is 11.1. The van der Waals surface area contributed by atoms with Crippen molar-refractivity contribution >= 4 is 17.1 Å². The minimum absolute atomic E-state index is 0.00268. The number of benzene rings is 1. The number of Topliss-reactive ketones (excluding diaryl/α,β-unsaturated/α-hetero) is 1. The summed E-state index contributed by atoms with van der Waals surface area (Å²) in [4.78, 5) is 28.1. The molecule has 1 aliphatic heterocycles. The predicted molar refractivity (Wildman–Crippen MR) is 89.2 cm³/mol. The maximum atomic E-state index is 12.6. The normalized spacial score (nSPS) is 17.1. The highest BCUT2D eigenvalue weighted by atomic mass is 16.1. The van der Waals surface area contributed by atoms with Crippen molar-refractivity contribution in [3.8, 4) is 0 Å². The van der Waals surface area contributed by atoms with E-state index in [4.69, 9.17) is 0 Å². The van der Waals surface area contributed by atoms with E-state index >= 15 is 0 Å². The van der Waals surface area contributed by atoms with Gasteiger partial charge in [-0.2, -0.15) is 0 Å². The van der Waals surface area contributed by atoms with E-state index < -0.39 is 0 Å². The second kappa shape index (κ2) is 4.84. The molecule has 3 aromatic rings.